The highest BCUT2D eigenvalue weighted by molar-refractivity contribution is 8.01. The van der Waals surface area contributed by atoms with Gasteiger partial charge in [0, 0.05) is 0 Å². The zero-order valence-corrected chi connectivity index (χ0v) is 16.1. The van der Waals surface area contributed by atoms with Crippen LogP contribution < -0.4 is 10.9 Å². The average Bonchev–Trinajstić information content (AvgIpc) is 3.08. The van der Waals surface area contributed by atoms with Crippen molar-refractivity contribution in [1.29, 1.82) is 0 Å². The minimum Gasteiger partial charge on any atom is -0.462 e. The third-order valence-corrected chi connectivity index (χ3v) is 5.38. The molecule has 0 radical (unpaired) electrons. The van der Waals surface area contributed by atoms with Crippen molar-refractivity contribution in [2.24, 2.45) is 0 Å². The Morgan fingerprint density at radius 1 is 1.30 bits per heavy atom. The summed E-state index contributed by atoms with van der Waals surface area (Å²) in [5.41, 5.74) is 0.581. The van der Waals surface area contributed by atoms with Crippen LogP contribution in [0.15, 0.2) is 33.4 Å². The lowest BCUT2D eigenvalue weighted by Crippen LogP contribution is -2.19. The predicted molar refractivity (Wildman–Crippen MR) is 101 cm³/mol. The highest BCUT2D eigenvalue weighted by Gasteiger charge is 2.15. The van der Waals surface area contributed by atoms with E-state index in [1.165, 1.54) is 15.9 Å². The first-order chi connectivity index (χ1) is 13.0. The van der Waals surface area contributed by atoms with E-state index in [-0.39, 0.29) is 35.1 Å². The van der Waals surface area contributed by atoms with E-state index in [9.17, 15) is 14.4 Å². The number of para-hydroxylation sites is 1. The molecule has 3 aromatic rings. The van der Waals surface area contributed by atoms with Gasteiger partial charge in [-0.1, -0.05) is 35.2 Å². The fourth-order valence-electron chi connectivity index (χ4n) is 2.13. The van der Waals surface area contributed by atoms with Crippen molar-refractivity contribution < 1.29 is 14.3 Å². The maximum absolute atomic E-state index is 12.3. The lowest BCUT2D eigenvalue weighted by molar-refractivity contribution is -0.113. The molecular weight excluding hydrogens is 390 g/mol. The maximum Gasteiger partial charge on any atom is 0.340 e. The summed E-state index contributed by atoms with van der Waals surface area (Å²) >= 11 is 2.33. The van der Waals surface area contributed by atoms with Gasteiger partial charge in [-0.15, -0.1) is 15.3 Å². The van der Waals surface area contributed by atoms with Crippen LogP contribution in [0, 0.1) is 6.92 Å². The Hall–Kier alpha value is -2.79. The zero-order valence-electron chi connectivity index (χ0n) is 14.5. The van der Waals surface area contributed by atoms with Gasteiger partial charge in [-0.25, -0.2) is 4.79 Å². The summed E-state index contributed by atoms with van der Waals surface area (Å²) in [6.07, 6.45) is 0. The lowest BCUT2D eigenvalue weighted by Gasteiger charge is -2.09. The van der Waals surface area contributed by atoms with E-state index >= 15 is 0 Å². The summed E-state index contributed by atoms with van der Waals surface area (Å²) in [4.78, 5) is 36.5. The molecule has 3 rings (SSSR count). The quantitative estimate of drug-likeness (QED) is 0.487. The standard InChI is InChI=1S/C16H15N5O4S2/c1-3-25-14(24)10-6-4-5-7-11(10)17-12(22)8-26-16-20-21-13(23)9(2)18-19-15(21)27-16/h4-7H,3,8H2,1-2H3,(H,17,22). The number of hydrogen-bond donors (Lipinski definition) is 1. The first-order valence-electron chi connectivity index (χ1n) is 7.91. The van der Waals surface area contributed by atoms with E-state index < -0.39 is 5.97 Å². The Morgan fingerprint density at radius 3 is 2.85 bits per heavy atom. The Balaban J connectivity index is 1.68. The number of nitrogens with zero attached hydrogens (tertiary/aromatic N) is 4. The number of amides is 1. The number of fused-ring (bicyclic) bond motifs is 1. The fraction of sp³-hybridized carbons (Fsp3) is 0.250. The van der Waals surface area contributed by atoms with Crippen LogP contribution in [0.4, 0.5) is 5.69 Å². The largest absolute Gasteiger partial charge is 0.462 e. The number of ether oxygens (including phenoxy) is 1. The third-order valence-electron chi connectivity index (χ3n) is 3.35. The number of aryl methyl sites for hydroxylation is 1. The molecule has 0 saturated heterocycles. The smallest absolute Gasteiger partial charge is 0.340 e. The summed E-state index contributed by atoms with van der Waals surface area (Å²) in [7, 11) is 0. The average molecular weight is 405 g/mol. The minimum atomic E-state index is -0.499. The molecule has 0 saturated carbocycles. The first-order valence-corrected chi connectivity index (χ1v) is 9.71. The number of aromatic nitrogens is 4. The molecule has 0 bridgehead atoms. The van der Waals surface area contributed by atoms with Crippen LogP contribution >= 0.6 is 23.1 Å². The van der Waals surface area contributed by atoms with E-state index in [1.54, 1.807) is 38.1 Å². The summed E-state index contributed by atoms with van der Waals surface area (Å²) < 4.78 is 6.67. The first kappa shape index (κ1) is 19.0. The van der Waals surface area contributed by atoms with Gasteiger partial charge in [0.1, 0.15) is 5.69 Å². The maximum atomic E-state index is 12.3. The molecule has 11 heteroatoms. The van der Waals surface area contributed by atoms with Gasteiger partial charge < -0.3 is 10.1 Å². The van der Waals surface area contributed by atoms with Gasteiger partial charge in [-0.3, -0.25) is 9.59 Å². The molecule has 0 aliphatic heterocycles. The molecule has 9 nitrogen and oxygen atoms in total. The number of rotatable bonds is 6. The topological polar surface area (TPSA) is 116 Å². The number of benzene rings is 1. The zero-order chi connectivity index (χ0) is 19.4. The molecule has 0 aliphatic rings. The second-order valence-electron chi connectivity index (χ2n) is 5.26. The summed E-state index contributed by atoms with van der Waals surface area (Å²) in [6.45, 7) is 3.52. The molecule has 0 aliphatic carbocycles. The van der Waals surface area contributed by atoms with Gasteiger partial charge in [0.05, 0.1) is 23.6 Å². The van der Waals surface area contributed by atoms with Crippen LogP contribution in [0.5, 0.6) is 0 Å². The van der Waals surface area contributed by atoms with Crippen molar-refractivity contribution in [3.8, 4) is 0 Å². The molecule has 2 heterocycles. The third kappa shape index (κ3) is 4.31. The van der Waals surface area contributed by atoms with Crippen LogP contribution in [0.25, 0.3) is 4.96 Å². The van der Waals surface area contributed by atoms with Crippen molar-refractivity contribution in [1.82, 2.24) is 19.8 Å². The Morgan fingerprint density at radius 2 is 2.07 bits per heavy atom. The number of hydrogen-bond acceptors (Lipinski definition) is 9. The van der Waals surface area contributed by atoms with E-state index in [4.69, 9.17) is 4.74 Å². The predicted octanol–water partition coefficient (Wildman–Crippen LogP) is 1.76. The SMILES string of the molecule is CCOC(=O)c1ccccc1NC(=O)CSc1nn2c(=O)c(C)nnc2s1. The Bertz CT molecular complexity index is 1060. The van der Waals surface area contributed by atoms with E-state index in [2.05, 4.69) is 20.6 Å². The monoisotopic (exact) mass is 405 g/mol. The van der Waals surface area contributed by atoms with Crippen molar-refractivity contribution in [3.05, 3.63) is 45.9 Å². The highest BCUT2D eigenvalue weighted by Crippen LogP contribution is 2.23. The molecule has 1 amide bonds. The van der Waals surface area contributed by atoms with Gasteiger partial charge in [0.25, 0.3) is 5.56 Å². The summed E-state index contributed by atoms with van der Waals surface area (Å²) in [5, 5.41) is 14.5. The lowest BCUT2D eigenvalue weighted by atomic mass is 10.2. The molecule has 1 N–H and O–H groups in total. The molecule has 1 aromatic carbocycles. The second kappa shape index (κ2) is 8.27. The van der Waals surface area contributed by atoms with Crippen LogP contribution in [-0.4, -0.2) is 44.0 Å². The second-order valence-corrected chi connectivity index (χ2v) is 7.43. The Labute approximate surface area is 161 Å². The molecule has 0 fully saturated rings. The fourth-order valence-corrected chi connectivity index (χ4v) is 3.80. The van der Waals surface area contributed by atoms with Crippen molar-refractivity contribution in [2.45, 2.75) is 18.2 Å². The molecule has 140 valence electrons. The Kier molecular flexibility index (Phi) is 5.81. The van der Waals surface area contributed by atoms with Gasteiger partial charge in [-0.05, 0) is 26.0 Å². The summed E-state index contributed by atoms with van der Waals surface area (Å²) in [6, 6.07) is 6.62. The van der Waals surface area contributed by atoms with Crippen molar-refractivity contribution in [2.75, 3.05) is 17.7 Å². The van der Waals surface area contributed by atoms with Gasteiger partial charge >= 0.3 is 5.97 Å². The molecule has 2 aromatic heterocycles. The van der Waals surface area contributed by atoms with Crippen molar-refractivity contribution >= 4 is 45.6 Å². The number of thioether (sulfide) groups is 1. The van der Waals surface area contributed by atoms with E-state index in [1.807, 2.05) is 0 Å². The summed E-state index contributed by atoms with van der Waals surface area (Å²) in [5.74, 6) is -0.760. The van der Waals surface area contributed by atoms with E-state index in [0.29, 0.717) is 15.0 Å². The van der Waals surface area contributed by atoms with Gasteiger partial charge in [-0.2, -0.15) is 4.52 Å². The molecule has 0 atom stereocenters. The highest BCUT2D eigenvalue weighted by atomic mass is 32.2. The van der Waals surface area contributed by atoms with Gasteiger partial charge in [0.15, 0.2) is 4.34 Å². The number of carbonyl (C=O) groups is 2. The van der Waals surface area contributed by atoms with Gasteiger partial charge in [0.2, 0.25) is 10.9 Å². The van der Waals surface area contributed by atoms with Crippen LogP contribution in [0.2, 0.25) is 0 Å². The number of anilines is 1. The number of nitrogens with one attached hydrogen (secondary N) is 1. The number of esters is 1. The molecular formula is C16H15N5O4S2. The minimum absolute atomic E-state index is 0.0537. The van der Waals surface area contributed by atoms with Crippen molar-refractivity contribution in [3.63, 3.8) is 0 Å². The van der Waals surface area contributed by atoms with Crippen LogP contribution in [-0.2, 0) is 9.53 Å². The normalized spacial score (nSPS) is 10.7. The molecule has 27 heavy (non-hydrogen) atoms. The number of carbonyl (C=O) groups excluding carboxylic acids is 2. The molecule has 0 spiro atoms. The van der Waals surface area contributed by atoms with Crippen LogP contribution in [0.1, 0.15) is 23.0 Å². The van der Waals surface area contributed by atoms with E-state index in [0.717, 1.165) is 11.8 Å². The molecule has 0 unspecified atom stereocenters. The van der Waals surface area contributed by atoms with Crippen LogP contribution in [0.3, 0.4) is 0 Å².